The van der Waals surface area contributed by atoms with Crippen LogP contribution in [0.2, 0.25) is 0 Å². The molecule has 0 amide bonds. The van der Waals surface area contributed by atoms with Crippen LogP contribution in [0.1, 0.15) is 44.0 Å². The summed E-state index contributed by atoms with van der Waals surface area (Å²) in [7, 11) is 0. The number of nitrogens with zero attached hydrogens (tertiary/aromatic N) is 1. The highest BCUT2D eigenvalue weighted by Crippen LogP contribution is 2.51. The minimum atomic E-state index is -0.543. The van der Waals surface area contributed by atoms with Crippen LogP contribution in [-0.4, -0.2) is 15.9 Å². The third kappa shape index (κ3) is 4.36. The molecule has 7 heteroatoms. The van der Waals surface area contributed by atoms with Gasteiger partial charge in [0, 0.05) is 24.5 Å². The van der Waals surface area contributed by atoms with E-state index in [2.05, 4.69) is 21.8 Å². The van der Waals surface area contributed by atoms with Crippen molar-refractivity contribution in [2.24, 2.45) is 5.41 Å². The fourth-order valence-corrected chi connectivity index (χ4v) is 4.97. The number of ether oxygens (including phenoxy) is 2. The first-order chi connectivity index (χ1) is 16.7. The molecule has 5 rings (SSSR count). The number of carbonyl (C=O) groups is 1. The zero-order valence-electron chi connectivity index (χ0n) is 19.5. The Hall–Kier alpha value is -3.82. The molecule has 0 unspecified atom stereocenters. The third-order valence-corrected chi connectivity index (χ3v) is 6.43. The smallest absolute Gasteiger partial charge is 0.308 e. The molecular formula is C28H22ClFN2O3. The van der Waals surface area contributed by atoms with Crippen molar-refractivity contribution in [1.82, 2.24) is 9.97 Å². The van der Waals surface area contributed by atoms with E-state index >= 15 is 4.39 Å². The molecule has 0 bridgehead atoms. The Bertz CT molecular complexity index is 1470. The number of esters is 1. The lowest BCUT2D eigenvalue weighted by atomic mass is 9.73. The molecule has 176 valence electrons. The fraction of sp³-hybridized carbons (Fsp3) is 0.214. The molecule has 35 heavy (non-hydrogen) atoms. The van der Waals surface area contributed by atoms with Gasteiger partial charge in [-0.15, -0.1) is 0 Å². The van der Waals surface area contributed by atoms with Crippen molar-refractivity contribution in [2.45, 2.75) is 33.8 Å². The van der Waals surface area contributed by atoms with Crippen molar-refractivity contribution in [3.63, 3.8) is 0 Å². The quantitative estimate of drug-likeness (QED) is 0.252. The van der Waals surface area contributed by atoms with E-state index in [1.165, 1.54) is 6.92 Å². The maximum absolute atomic E-state index is 15.2. The molecule has 2 aliphatic rings. The zero-order valence-corrected chi connectivity index (χ0v) is 20.2. The second-order valence-electron chi connectivity index (χ2n) is 9.13. The summed E-state index contributed by atoms with van der Waals surface area (Å²) in [4.78, 5) is 18.6. The summed E-state index contributed by atoms with van der Waals surface area (Å²) in [5.74, 6) is 6.28. The van der Waals surface area contributed by atoms with Crippen molar-refractivity contribution >= 4 is 23.1 Å². The van der Waals surface area contributed by atoms with Gasteiger partial charge < -0.3 is 14.5 Å². The number of benzene rings is 2. The number of imidazole rings is 1. The minimum absolute atomic E-state index is 0.176. The molecular weight excluding hydrogens is 467 g/mol. The van der Waals surface area contributed by atoms with E-state index in [0.717, 1.165) is 28.1 Å². The van der Waals surface area contributed by atoms with Gasteiger partial charge in [0.15, 0.2) is 0 Å². The van der Waals surface area contributed by atoms with Gasteiger partial charge in [-0.05, 0) is 52.9 Å². The van der Waals surface area contributed by atoms with E-state index in [0.29, 0.717) is 28.7 Å². The average molecular weight is 489 g/mol. The standard InChI is InChI=1S/C28H22ClFN2O3/c1-16(33)35-19-8-4-17(5-9-19)6-10-20-22(30)13-28(2,3)25(26(20)29)18-7-11-21-24(12-18)34-14-23-27(21)32-15-31-23/h4-5,7-9,11-12,15H,13-14H2,1-3H3,(H,31,32). The molecule has 1 aromatic heterocycles. The van der Waals surface area contributed by atoms with Crippen molar-refractivity contribution in [3.8, 4) is 34.6 Å². The van der Waals surface area contributed by atoms with Crippen LogP contribution >= 0.6 is 11.6 Å². The normalized spacial score (nSPS) is 16.0. The van der Waals surface area contributed by atoms with Gasteiger partial charge in [0.1, 0.15) is 23.9 Å². The molecule has 5 nitrogen and oxygen atoms in total. The van der Waals surface area contributed by atoms with Gasteiger partial charge in [-0.25, -0.2) is 9.37 Å². The number of carbonyl (C=O) groups excluding carboxylic acids is 1. The van der Waals surface area contributed by atoms with Crippen molar-refractivity contribution < 1.29 is 18.7 Å². The van der Waals surface area contributed by atoms with Crippen LogP contribution < -0.4 is 9.47 Å². The van der Waals surface area contributed by atoms with Crippen LogP contribution in [0, 0.1) is 17.3 Å². The molecule has 1 aliphatic carbocycles. The van der Waals surface area contributed by atoms with Crippen LogP contribution in [0.4, 0.5) is 4.39 Å². The first-order valence-corrected chi connectivity index (χ1v) is 11.5. The number of allylic oxidation sites excluding steroid dienone is 4. The van der Waals surface area contributed by atoms with E-state index in [4.69, 9.17) is 21.1 Å². The van der Waals surface area contributed by atoms with Crippen LogP contribution in [0.3, 0.4) is 0 Å². The number of rotatable bonds is 2. The summed E-state index contributed by atoms with van der Waals surface area (Å²) in [5, 5.41) is 0.291. The molecule has 0 saturated heterocycles. The molecule has 2 heterocycles. The Morgan fingerprint density at radius 1 is 1.20 bits per heavy atom. The van der Waals surface area contributed by atoms with Crippen LogP contribution in [0.25, 0.3) is 16.8 Å². The molecule has 2 aromatic carbocycles. The van der Waals surface area contributed by atoms with Crippen molar-refractivity contribution in [1.29, 1.82) is 0 Å². The molecule has 0 radical (unpaired) electrons. The highest BCUT2D eigenvalue weighted by molar-refractivity contribution is 6.36. The van der Waals surface area contributed by atoms with E-state index in [1.807, 2.05) is 32.0 Å². The van der Waals surface area contributed by atoms with Gasteiger partial charge in [-0.1, -0.05) is 43.4 Å². The fourth-order valence-electron chi connectivity index (χ4n) is 4.46. The minimum Gasteiger partial charge on any atom is -0.487 e. The highest BCUT2D eigenvalue weighted by Gasteiger charge is 2.36. The Kier molecular flexibility index (Phi) is 5.74. The summed E-state index contributed by atoms with van der Waals surface area (Å²) in [5.41, 5.74) is 4.66. The monoisotopic (exact) mass is 488 g/mol. The van der Waals surface area contributed by atoms with Crippen LogP contribution in [0.5, 0.6) is 11.5 Å². The molecule has 0 atom stereocenters. The Morgan fingerprint density at radius 2 is 1.97 bits per heavy atom. The SMILES string of the molecule is CC(=O)Oc1ccc(C#CC2=C(F)CC(C)(C)C(c3ccc4c(c3)OCc3[nH]cnc3-4)=C2Cl)cc1. The summed E-state index contributed by atoms with van der Waals surface area (Å²) < 4.78 is 26.1. The number of halogens is 2. The lowest BCUT2D eigenvalue weighted by Gasteiger charge is -2.33. The Balaban J connectivity index is 1.52. The maximum atomic E-state index is 15.2. The van der Waals surface area contributed by atoms with E-state index in [1.54, 1.807) is 30.6 Å². The Morgan fingerprint density at radius 3 is 2.71 bits per heavy atom. The number of aromatic nitrogens is 2. The molecule has 0 saturated carbocycles. The maximum Gasteiger partial charge on any atom is 0.308 e. The van der Waals surface area contributed by atoms with Crippen molar-refractivity contribution in [3.05, 3.63) is 82.0 Å². The van der Waals surface area contributed by atoms with Gasteiger partial charge in [0.2, 0.25) is 0 Å². The van der Waals surface area contributed by atoms with Gasteiger partial charge >= 0.3 is 5.97 Å². The van der Waals surface area contributed by atoms with Gasteiger partial charge in [-0.3, -0.25) is 4.79 Å². The summed E-state index contributed by atoms with van der Waals surface area (Å²) in [6.45, 7) is 5.68. The van der Waals surface area contributed by atoms with Gasteiger partial charge in [0.25, 0.3) is 0 Å². The molecule has 1 aliphatic heterocycles. The highest BCUT2D eigenvalue weighted by atomic mass is 35.5. The van der Waals surface area contributed by atoms with Gasteiger partial charge in [-0.2, -0.15) is 0 Å². The average Bonchev–Trinajstić information content (AvgIpc) is 3.28. The van der Waals surface area contributed by atoms with Crippen LogP contribution in [0.15, 0.2) is 65.2 Å². The number of H-pyrrole nitrogens is 1. The van der Waals surface area contributed by atoms with Gasteiger partial charge in [0.05, 0.1) is 28.3 Å². The predicted molar refractivity (Wildman–Crippen MR) is 132 cm³/mol. The van der Waals surface area contributed by atoms with E-state index in [-0.39, 0.29) is 17.8 Å². The lowest BCUT2D eigenvalue weighted by Crippen LogP contribution is -2.20. The third-order valence-electron chi connectivity index (χ3n) is 6.05. The molecule has 0 spiro atoms. The molecule has 0 fully saturated rings. The predicted octanol–water partition coefficient (Wildman–Crippen LogP) is 6.55. The van der Waals surface area contributed by atoms with E-state index in [9.17, 15) is 4.79 Å². The lowest BCUT2D eigenvalue weighted by molar-refractivity contribution is -0.131. The summed E-state index contributed by atoms with van der Waals surface area (Å²) >= 11 is 6.82. The first-order valence-electron chi connectivity index (χ1n) is 11.1. The summed E-state index contributed by atoms with van der Waals surface area (Å²) in [6, 6.07) is 12.6. The Labute approximate surface area is 207 Å². The van der Waals surface area contributed by atoms with Crippen molar-refractivity contribution in [2.75, 3.05) is 0 Å². The van der Waals surface area contributed by atoms with Crippen LogP contribution in [-0.2, 0) is 11.4 Å². The topological polar surface area (TPSA) is 64.2 Å². The second kappa shape index (κ2) is 8.75. The number of fused-ring (bicyclic) bond motifs is 3. The summed E-state index contributed by atoms with van der Waals surface area (Å²) in [6.07, 6.45) is 1.83. The largest absolute Gasteiger partial charge is 0.487 e. The molecule has 1 N–H and O–H groups in total. The number of hydrogen-bond donors (Lipinski definition) is 1. The second-order valence-corrected chi connectivity index (χ2v) is 9.50. The first kappa shape index (κ1) is 22.9. The number of hydrogen-bond acceptors (Lipinski definition) is 4. The number of nitrogens with one attached hydrogen (secondary N) is 1. The zero-order chi connectivity index (χ0) is 24.7. The van der Waals surface area contributed by atoms with E-state index < -0.39 is 11.4 Å². The number of aromatic amines is 1. The molecule has 3 aromatic rings.